The number of amides is 1. The highest BCUT2D eigenvalue weighted by Gasteiger charge is 2.23. The van der Waals surface area contributed by atoms with E-state index in [2.05, 4.69) is 15.3 Å². The van der Waals surface area contributed by atoms with Gasteiger partial charge in [0.05, 0.1) is 0 Å². The maximum atomic E-state index is 12.4. The Morgan fingerprint density at radius 1 is 1.36 bits per heavy atom. The van der Waals surface area contributed by atoms with Gasteiger partial charge in [-0.15, -0.1) is 0 Å². The van der Waals surface area contributed by atoms with Crippen molar-refractivity contribution in [1.82, 2.24) is 19.8 Å². The van der Waals surface area contributed by atoms with Crippen molar-refractivity contribution in [2.75, 3.05) is 39.0 Å². The molecule has 0 spiro atoms. The van der Waals surface area contributed by atoms with Crippen molar-refractivity contribution >= 4 is 11.6 Å². The van der Waals surface area contributed by atoms with Crippen LogP contribution < -0.4 is 10.9 Å². The van der Waals surface area contributed by atoms with Gasteiger partial charge in [-0.1, -0.05) is 6.08 Å². The summed E-state index contributed by atoms with van der Waals surface area (Å²) in [6.07, 6.45) is 10.5. The number of likely N-dealkylation sites (tertiary alicyclic amines) is 1. The van der Waals surface area contributed by atoms with E-state index in [0.29, 0.717) is 12.2 Å². The zero-order chi connectivity index (χ0) is 19.9. The number of likely N-dealkylation sites (N-methyl/N-ethyl adjacent to an activating group) is 1. The van der Waals surface area contributed by atoms with Crippen LogP contribution in [0.1, 0.15) is 12.8 Å². The molecule has 7 heteroatoms. The van der Waals surface area contributed by atoms with Crippen LogP contribution in [0.15, 0.2) is 53.7 Å². The molecule has 1 saturated heterocycles. The van der Waals surface area contributed by atoms with E-state index in [1.165, 1.54) is 0 Å². The second-order valence-electron chi connectivity index (χ2n) is 7.30. The Hall–Kier alpha value is -2.93. The highest BCUT2D eigenvalue weighted by Crippen LogP contribution is 2.20. The molecule has 1 amide bonds. The standard InChI is InChI=1S/C21H27N5O2/c1-25(2)11-4-6-20(27)26-12-3-5-18(15-26)24-19-13-17(14-23-21(19)28)16-7-9-22-10-8-16/h4,6-10,13-14,18,24H,3,5,11-12,15H2,1-2H3,(H,23,28)/t18-/m0/s1. The minimum Gasteiger partial charge on any atom is -0.376 e. The summed E-state index contributed by atoms with van der Waals surface area (Å²) in [6.45, 7) is 2.07. The van der Waals surface area contributed by atoms with E-state index in [-0.39, 0.29) is 17.5 Å². The monoisotopic (exact) mass is 381 g/mol. The molecule has 1 aliphatic heterocycles. The minimum atomic E-state index is -0.160. The van der Waals surface area contributed by atoms with Crippen LogP contribution in [-0.4, -0.2) is 65.4 Å². The van der Waals surface area contributed by atoms with Gasteiger partial charge in [-0.2, -0.15) is 0 Å². The summed E-state index contributed by atoms with van der Waals surface area (Å²) < 4.78 is 0. The van der Waals surface area contributed by atoms with Gasteiger partial charge in [-0.05, 0) is 50.7 Å². The van der Waals surface area contributed by atoms with E-state index < -0.39 is 0 Å². The average molecular weight is 381 g/mol. The normalized spacial score (nSPS) is 17.2. The molecule has 2 aromatic rings. The minimum absolute atomic E-state index is 0.0211. The number of hydrogen-bond acceptors (Lipinski definition) is 5. The van der Waals surface area contributed by atoms with Crippen LogP contribution in [0.3, 0.4) is 0 Å². The first kappa shape index (κ1) is 19.8. The largest absolute Gasteiger partial charge is 0.376 e. The SMILES string of the molecule is CN(C)CC=CC(=O)N1CCC[C@H](Nc2cc(-c3ccncc3)c[nH]c2=O)C1. The van der Waals surface area contributed by atoms with E-state index >= 15 is 0 Å². The number of anilines is 1. The molecule has 1 aliphatic rings. The summed E-state index contributed by atoms with van der Waals surface area (Å²) in [7, 11) is 3.93. The number of piperidine rings is 1. The number of carbonyl (C=O) groups is 1. The zero-order valence-corrected chi connectivity index (χ0v) is 16.4. The summed E-state index contributed by atoms with van der Waals surface area (Å²) in [5.74, 6) is 0.0211. The van der Waals surface area contributed by atoms with Gasteiger partial charge in [0.1, 0.15) is 5.69 Å². The Bertz CT molecular complexity index is 876. The molecule has 3 rings (SSSR count). The first-order valence-corrected chi connectivity index (χ1v) is 9.53. The molecule has 0 aliphatic carbocycles. The van der Waals surface area contributed by atoms with E-state index in [4.69, 9.17) is 0 Å². The van der Waals surface area contributed by atoms with E-state index in [1.807, 2.05) is 48.2 Å². The smallest absolute Gasteiger partial charge is 0.271 e. The summed E-state index contributed by atoms with van der Waals surface area (Å²) in [5.41, 5.74) is 2.27. The fraction of sp³-hybridized carbons (Fsp3) is 0.381. The molecular formula is C21H27N5O2. The highest BCUT2D eigenvalue weighted by molar-refractivity contribution is 5.87. The Morgan fingerprint density at radius 3 is 2.89 bits per heavy atom. The zero-order valence-electron chi connectivity index (χ0n) is 16.4. The number of rotatable bonds is 6. The average Bonchev–Trinajstić information content (AvgIpc) is 2.70. The maximum Gasteiger partial charge on any atom is 0.271 e. The lowest BCUT2D eigenvalue weighted by atomic mass is 10.0. The number of pyridine rings is 2. The van der Waals surface area contributed by atoms with Crippen molar-refractivity contribution < 1.29 is 4.79 Å². The Morgan fingerprint density at radius 2 is 2.14 bits per heavy atom. The van der Waals surface area contributed by atoms with Crippen LogP contribution in [-0.2, 0) is 4.79 Å². The molecule has 0 aromatic carbocycles. The molecule has 0 bridgehead atoms. The number of aromatic amines is 1. The van der Waals surface area contributed by atoms with Crippen molar-refractivity contribution in [1.29, 1.82) is 0 Å². The third-order valence-electron chi connectivity index (χ3n) is 4.74. The van der Waals surface area contributed by atoms with Crippen molar-refractivity contribution in [2.24, 2.45) is 0 Å². The summed E-state index contributed by atoms with van der Waals surface area (Å²) in [4.78, 5) is 35.3. The van der Waals surface area contributed by atoms with Gasteiger partial charge >= 0.3 is 0 Å². The number of H-pyrrole nitrogens is 1. The predicted molar refractivity (Wildman–Crippen MR) is 111 cm³/mol. The molecule has 3 heterocycles. The van der Waals surface area contributed by atoms with E-state index in [0.717, 1.165) is 37.1 Å². The van der Waals surface area contributed by atoms with Gasteiger partial charge < -0.3 is 20.1 Å². The van der Waals surface area contributed by atoms with Crippen molar-refractivity contribution in [3.8, 4) is 11.1 Å². The molecule has 0 radical (unpaired) electrons. The predicted octanol–water partition coefficient (Wildman–Crippen LogP) is 1.96. The fourth-order valence-corrected chi connectivity index (χ4v) is 3.29. The highest BCUT2D eigenvalue weighted by atomic mass is 16.2. The van der Waals surface area contributed by atoms with Gasteiger partial charge in [-0.25, -0.2) is 0 Å². The first-order chi connectivity index (χ1) is 13.5. The quantitative estimate of drug-likeness (QED) is 0.748. The van der Waals surface area contributed by atoms with Crippen LogP contribution in [0.2, 0.25) is 0 Å². The summed E-state index contributed by atoms with van der Waals surface area (Å²) in [5, 5.41) is 3.33. The summed E-state index contributed by atoms with van der Waals surface area (Å²) >= 11 is 0. The summed E-state index contributed by atoms with van der Waals surface area (Å²) in [6, 6.07) is 5.71. The Labute approximate surface area is 165 Å². The maximum absolute atomic E-state index is 12.4. The molecule has 2 aromatic heterocycles. The second-order valence-corrected chi connectivity index (χ2v) is 7.30. The van der Waals surface area contributed by atoms with E-state index in [1.54, 1.807) is 24.7 Å². The molecule has 148 valence electrons. The number of aromatic nitrogens is 2. The van der Waals surface area contributed by atoms with Gasteiger partial charge in [-0.3, -0.25) is 14.6 Å². The van der Waals surface area contributed by atoms with Crippen molar-refractivity contribution in [3.05, 3.63) is 59.3 Å². The first-order valence-electron chi connectivity index (χ1n) is 9.53. The fourth-order valence-electron chi connectivity index (χ4n) is 3.29. The number of carbonyl (C=O) groups excluding carboxylic acids is 1. The van der Waals surface area contributed by atoms with Crippen LogP contribution in [0, 0.1) is 0 Å². The van der Waals surface area contributed by atoms with Crippen molar-refractivity contribution in [2.45, 2.75) is 18.9 Å². The second kappa shape index (κ2) is 9.32. The molecule has 1 fully saturated rings. The molecule has 0 saturated carbocycles. The molecule has 1 atom stereocenters. The lowest BCUT2D eigenvalue weighted by Gasteiger charge is -2.33. The lowest BCUT2D eigenvalue weighted by molar-refractivity contribution is -0.127. The van der Waals surface area contributed by atoms with Gasteiger partial charge in [0, 0.05) is 55.9 Å². The number of hydrogen-bond donors (Lipinski definition) is 2. The number of nitrogens with one attached hydrogen (secondary N) is 2. The van der Waals surface area contributed by atoms with Gasteiger partial charge in [0.25, 0.3) is 5.56 Å². The Balaban J connectivity index is 1.67. The van der Waals surface area contributed by atoms with Gasteiger partial charge in [0.15, 0.2) is 0 Å². The molecule has 2 N–H and O–H groups in total. The third kappa shape index (κ3) is 5.29. The van der Waals surface area contributed by atoms with Crippen molar-refractivity contribution in [3.63, 3.8) is 0 Å². The topological polar surface area (TPSA) is 81.3 Å². The number of nitrogens with zero attached hydrogens (tertiary/aromatic N) is 3. The van der Waals surface area contributed by atoms with Crippen LogP contribution in [0.5, 0.6) is 0 Å². The molecule has 0 unspecified atom stereocenters. The molecular weight excluding hydrogens is 354 g/mol. The Kier molecular flexibility index (Phi) is 6.60. The van der Waals surface area contributed by atoms with Crippen LogP contribution in [0.4, 0.5) is 5.69 Å². The third-order valence-corrected chi connectivity index (χ3v) is 4.74. The van der Waals surface area contributed by atoms with Crippen LogP contribution in [0.25, 0.3) is 11.1 Å². The van der Waals surface area contributed by atoms with Gasteiger partial charge in [0.2, 0.25) is 5.91 Å². The molecule has 7 nitrogen and oxygen atoms in total. The van der Waals surface area contributed by atoms with Crippen LogP contribution >= 0.6 is 0 Å². The lowest BCUT2D eigenvalue weighted by Crippen LogP contribution is -2.45. The molecule has 28 heavy (non-hydrogen) atoms. The van der Waals surface area contributed by atoms with E-state index in [9.17, 15) is 9.59 Å².